The zero-order chi connectivity index (χ0) is 9.14. The summed E-state index contributed by atoms with van der Waals surface area (Å²) in [5, 5.41) is 0. The van der Waals surface area contributed by atoms with Gasteiger partial charge in [0.15, 0.2) is 0 Å². The molecule has 0 spiro atoms. The minimum atomic E-state index is -0.291. The summed E-state index contributed by atoms with van der Waals surface area (Å²) in [6.07, 6.45) is 1.66. The molecule has 0 amide bonds. The maximum atomic E-state index is 11.2. The number of anilines is 1. The number of hydrogen-bond donors (Lipinski definition) is 2. The topological polar surface area (TPSA) is 72.9 Å². The molecule has 0 aliphatic carbocycles. The van der Waals surface area contributed by atoms with Crippen molar-refractivity contribution in [2.75, 3.05) is 5.43 Å². The Bertz CT molecular complexity index is 317. The summed E-state index contributed by atoms with van der Waals surface area (Å²) >= 11 is 0. The lowest BCUT2D eigenvalue weighted by molar-refractivity contribution is 0.564. The average Bonchev–Trinajstić information content (AvgIpc) is 2.03. The Morgan fingerprint density at radius 1 is 1.67 bits per heavy atom. The molecule has 0 saturated carbocycles. The second-order valence-electron chi connectivity index (χ2n) is 2.74. The van der Waals surface area contributed by atoms with Gasteiger partial charge in [0.05, 0.1) is 0 Å². The number of rotatable bonds is 2. The van der Waals surface area contributed by atoms with Gasteiger partial charge in [0, 0.05) is 12.2 Å². The summed E-state index contributed by atoms with van der Waals surface area (Å²) in [4.78, 5) is 14.9. The molecule has 5 nitrogen and oxygen atoms in total. The molecule has 0 aromatic carbocycles. The molecule has 3 N–H and O–H groups in total. The lowest BCUT2D eigenvalue weighted by Crippen LogP contribution is -2.25. The first-order valence-corrected chi connectivity index (χ1v) is 3.71. The van der Waals surface area contributed by atoms with E-state index >= 15 is 0 Å². The highest BCUT2D eigenvalue weighted by Crippen LogP contribution is 2.00. The Morgan fingerprint density at radius 3 is 2.75 bits per heavy atom. The van der Waals surface area contributed by atoms with E-state index in [-0.39, 0.29) is 11.7 Å². The average molecular weight is 168 g/mol. The smallest absolute Gasteiger partial charge is 0.308 e. The Balaban J connectivity index is 3.12. The molecule has 1 aromatic heterocycles. The van der Waals surface area contributed by atoms with Crippen molar-refractivity contribution < 1.29 is 0 Å². The molecule has 66 valence electrons. The lowest BCUT2D eigenvalue weighted by Gasteiger charge is -2.08. The fraction of sp³-hybridized carbons (Fsp3) is 0.429. The van der Waals surface area contributed by atoms with Crippen LogP contribution in [-0.4, -0.2) is 9.55 Å². The molecule has 0 unspecified atom stereocenters. The number of hydrogen-bond acceptors (Lipinski definition) is 4. The van der Waals surface area contributed by atoms with E-state index in [4.69, 9.17) is 5.84 Å². The van der Waals surface area contributed by atoms with Gasteiger partial charge in [-0.3, -0.25) is 4.57 Å². The van der Waals surface area contributed by atoms with Crippen LogP contribution in [0.1, 0.15) is 19.9 Å². The molecule has 0 aliphatic rings. The molecule has 1 rings (SSSR count). The predicted molar refractivity (Wildman–Crippen MR) is 46.7 cm³/mol. The summed E-state index contributed by atoms with van der Waals surface area (Å²) in [5.74, 6) is 5.47. The van der Waals surface area contributed by atoms with Crippen LogP contribution in [0.4, 0.5) is 5.82 Å². The molecule has 0 saturated heterocycles. The summed E-state index contributed by atoms with van der Waals surface area (Å²) in [6, 6.07) is 1.78. The maximum Gasteiger partial charge on any atom is 0.349 e. The van der Waals surface area contributed by atoms with Crippen LogP contribution in [-0.2, 0) is 0 Å². The molecule has 1 heterocycles. The van der Waals surface area contributed by atoms with E-state index in [1.54, 1.807) is 12.3 Å². The van der Waals surface area contributed by atoms with Crippen LogP contribution in [0, 0.1) is 0 Å². The van der Waals surface area contributed by atoms with Gasteiger partial charge in [0.25, 0.3) is 0 Å². The van der Waals surface area contributed by atoms with Crippen molar-refractivity contribution in [1.29, 1.82) is 0 Å². The van der Waals surface area contributed by atoms with Crippen molar-refractivity contribution in [2.45, 2.75) is 19.9 Å². The fourth-order valence-corrected chi connectivity index (χ4v) is 0.886. The minimum Gasteiger partial charge on any atom is -0.308 e. The van der Waals surface area contributed by atoms with Gasteiger partial charge in [-0.1, -0.05) is 0 Å². The van der Waals surface area contributed by atoms with E-state index in [0.29, 0.717) is 5.82 Å². The van der Waals surface area contributed by atoms with E-state index in [1.807, 2.05) is 13.8 Å². The normalized spacial score (nSPS) is 10.3. The molecule has 5 heteroatoms. The second-order valence-corrected chi connectivity index (χ2v) is 2.74. The van der Waals surface area contributed by atoms with E-state index in [2.05, 4.69) is 10.4 Å². The highest BCUT2D eigenvalue weighted by Gasteiger charge is 2.01. The Morgan fingerprint density at radius 2 is 2.33 bits per heavy atom. The fourth-order valence-electron chi connectivity index (χ4n) is 0.886. The summed E-state index contributed by atoms with van der Waals surface area (Å²) in [5.41, 5.74) is 2.02. The van der Waals surface area contributed by atoms with Crippen LogP contribution in [0.3, 0.4) is 0 Å². The molecule has 0 fully saturated rings. The van der Waals surface area contributed by atoms with Gasteiger partial charge in [-0.15, -0.1) is 0 Å². The molecule has 12 heavy (non-hydrogen) atoms. The number of hydrazine groups is 1. The summed E-state index contributed by atoms with van der Waals surface area (Å²) in [7, 11) is 0. The van der Waals surface area contributed by atoms with Crippen molar-refractivity contribution in [1.82, 2.24) is 9.55 Å². The van der Waals surface area contributed by atoms with Crippen molar-refractivity contribution in [3.63, 3.8) is 0 Å². The highest BCUT2D eigenvalue weighted by molar-refractivity contribution is 5.29. The van der Waals surface area contributed by atoms with Crippen LogP contribution < -0.4 is 17.0 Å². The van der Waals surface area contributed by atoms with Gasteiger partial charge in [0.2, 0.25) is 0 Å². The van der Waals surface area contributed by atoms with Gasteiger partial charge in [0.1, 0.15) is 5.82 Å². The molecular weight excluding hydrogens is 156 g/mol. The quantitative estimate of drug-likeness (QED) is 0.485. The number of aromatic nitrogens is 2. The van der Waals surface area contributed by atoms with Gasteiger partial charge < -0.3 is 5.43 Å². The van der Waals surface area contributed by atoms with Crippen LogP contribution >= 0.6 is 0 Å². The Hall–Kier alpha value is -1.36. The third-order valence-corrected chi connectivity index (χ3v) is 1.53. The molecule has 1 aromatic rings. The Labute approximate surface area is 70.2 Å². The van der Waals surface area contributed by atoms with E-state index in [1.165, 1.54) is 4.57 Å². The van der Waals surface area contributed by atoms with Crippen molar-refractivity contribution in [3.8, 4) is 0 Å². The van der Waals surface area contributed by atoms with E-state index in [0.717, 1.165) is 0 Å². The number of nitrogens with two attached hydrogens (primary N) is 1. The predicted octanol–water partition coefficient (Wildman–Crippen LogP) is 0.110. The third-order valence-electron chi connectivity index (χ3n) is 1.53. The zero-order valence-corrected chi connectivity index (χ0v) is 7.11. The largest absolute Gasteiger partial charge is 0.349 e. The van der Waals surface area contributed by atoms with Crippen LogP contribution in [0.5, 0.6) is 0 Å². The van der Waals surface area contributed by atoms with Crippen LogP contribution in [0.2, 0.25) is 0 Å². The first-order valence-electron chi connectivity index (χ1n) is 3.71. The highest BCUT2D eigenvalue weighted by atomic mass is 16.1. The first kappa shape index (κ1) is 8.73. The van der Waals surface area contributed by atoms with Gasteiger partial charge in [-0.25, -0.2) is 10.6 Å². The number of nitrogens with one attached hydrogen (secondary N) is 1. The van der Waals surface area contributed by atoms with Gasteiger partial charge in [-0.05, 0) is 19.9 Å². The monoisotopic (exact) mass is 168 g/mol. The van der Waals surface area contributed by atoms with Crippen LogP contribution in [0.15, 0.2) is 17.1 Å². The summed E-state index contributed by atoms with van der Waals surface area (Å²) < 4.78 is 1.53. The first-order chi connectivity index (χ1) is 5.65. The van der Waals surface area contributed by atoms with E-state index in [9.17, 15) is 4.79 Å². The number of nitrogen functional groups attached to an aromatic ring is 1. The SMILES string of the molecule is CC(C)n1ccc(NN)nc1=O. The summed E-state index contributed by atoms with van der Waals surface area (Å²) in [6.45, 7) is 3.83. The van der Waals surface area contributed by atoms with Crippen molar-refractivity contribution >= 4 is 5.82 Å². The third kappa shape index (κ3) is 1.62. The van der Waals surface area contributed by atoms with Crippen LogP contribution in [0.25, 0.3) is 0 Å². The number of nitrogens with zero attached hydrogens (tertiary/aromatic N) is 2. The maximum absolute atomic E-state index is 11.2. The molecule has 0 bridgehead atoms. The van der Waals surface area contributed by atoms with E-state index < -0.39 is 0 Å². The van der Waals surface area contributed by atoms with Gasteiger partial charge >= 0.3 is 5.69 Å². The lowest BCUT2D eigenvalue weighted by atomic mass is 10.4. The molecule has 0 radical (unpaired) electrons. The van der Waals surface area contributed by atoms with Crippen molar-refractivity contribution in [3.05, 3.63) is 22.7 Å². The molecule has 0 aliphatic heterocycles. The second kappa shape index (κ2) is 3.36. The van der Waals surface area contributed by atoms with Gasteiger partial charge in [-0.2, -0.15) is 4.98 Å². The van der Waals surface area contributed by atoms with Crippen molar-refractivity contribution in [2.24, 2.45) is 5.84 Å². The minimum absolute atomic E-state index is 0.122. The standard InChI is InChI=1S/C7H12N4O/c1-5(2)11-4-3-6(10-8)9-7(11)12/h3-5H,8H2,1-2H3,(H,9,10,12). The molecular formula is C7H12N4O. The Kier molecular flexibility index (Phi) is 2.44. The molecule has 0 atom stereocenters. The zero-order valence-electron chi connectivity index (χ0n) is 7.11.